The molecule has 2 aromatic rings. The van der Waals surface area contributed by atoms with Gasteiger partial charge in [0.15, 0.2) is 6.21 Å². The van der Waals surface area contributed by atoms with Crippen molar-refractivity contribution in [2.75, 3.05) is 6.26 Å². The molecule has 136 valence electrons. The van der Waals surface area contributed by atoms with E-state index in [0.717, 1.165) is 20.2 Å². The molecule has 0 aliphatic carbocycles. The third kappa shape index (κ3) is 4.24. The monoisotopic (exact) mass is 402 g/mol. The highest BCUT2D eigenvalue weighted by Gasteiger charge is 2.50. The Morgan fingerprint density at radius 2 is 1.85 bits per heavy atom. The lowest BCUT2D eigenvalue weighted by molar-refractivity contribution is -0.524. The fraction of sp³-hybridized carbons (Fsp3) is 0.300. The molecule has 26 heavy (non-hydrogen) atoms. The molecule has 0 N–H and O–H groups in total. The van der Waals surface area contributed by atoms with Crippen LogP contribution in [0.2, 0.25) is 0 Å². The van der Waals surface area contributed by atoms with Gasteiger partial charge in [-0.05, 0) is 49.9 Å². The van der Waals surface area contributed by atoms with Crippen LogP contribution in [0.4, 0.5) is 0 Å². The van der Waals surface area contributed by atoms with Crippen LogP contribution in [0.1, 0.15) is 25.0 Å². The molecule has 3 rings (SSSR count). The average Bonchev–Trinajstić information content (AvgIpc) is 2.84. The first-order chi connectivity index (χ1) is 12.4. The second-order valence-electron chi connectivity index (χ2n) is 6.72. The van der Waals surface area contributed by atoms with Crippen molar-refractivity contribution in [2.24, 2.45) is 0 Å². The molecule has 1 aliphatic rings. The van der Waals surface area contributed by atoms with Gasteiger partial charge in [-0.15, -0.1) is 11.8 Å². The minimum absolute atomic E-state index is 0.288. The molecule has 1 atom stereocenters. The van der Waals surface area contributed by atoms with Crippen molar-refractivity contribution in [3.63, 3.8) is 0 Å². The Morgan fingerprint density at radius 3 is 2.46 bits per heavy atom. The summed E-state index contributed by atoms with van der Waals surface area (Å²) in [5, 5.41) is 13.1. The van der Waals surface area contributed by atoms with Crippen molar-refractivity contribution in [3.05, 3.63) is 70.9 Å². The maximum Gasteiger partial charge on any atom is 0.254 e. The Labute approximate surface area is 169 Å². The van der Waals surface area contributed by atoms with Crippen molar-refractivity contribution in [3.8, 4) is 0 Å². The van der Waals surface area contributed by atoms with E-state index in [1.54, 1.807) is 29.7 Å². The molecule has 1 saturated heterocycles. The molecule has 1 fully saturated rings. The molecule has 0 amide bonds. The maximum atomic E-state index is 13.1. The molecule has 1 aliphatic heterocycles. The predicted octanol–water partition coefficient (Wildman–Crippen LogP) is 4.98. The van der Waals surface area contributed by atoms with E-state index in [9.17, 15) is 5.21 Å². The molecular formula is C20H22N2OS3. The van der Waals surface area contributed by atoms with Crippen LogP contribution >= 0.6 is 35.7 Å². The van der Waals surface area contributed by atoms with Gasteiger partial charge in [-0.2, -0.15) is 4.74 Å². The molecule has 2 aromatic carbocycles. The highest BCUT2D eigenvalue weighted by atomic mass is 32.2. The van der Waals surface area contributed by atoms with Crippen LogP contribution in [0.25, 0.3) is 0 Å². The largest absolute Gasteiger partial charge is 0.622 e. The van der Waals surface area contributed by atoms with Crippen molar-refractivity contribution < 1.29 is 4.74 Å². The quantitative estimate of drug-likeness (QED) is 0.176. The van der Waals surface area contributed by atoms with Crippen LogP contribution < -0.4 is 0 Å². The van der Waals surface area contributed by atoms with Gasteiger partial charge in [0, 0.05) is 10.5 Å². The Balaban J connectivity index is 1.89. The van der Waals surface area contributed by atoms with Crippen molar-refractivity contribution in [2.45, 2.75) is 36.2 Å². The number of thioether (sulfide) groups is 2. The van der Waals surface area contributed by atoms with Crippen LogP contribution in [-0.4, -0.2) is 37.3 Å². The van der Waals surface area contributed by atoms with E-state index >= 15 is 0 Å². The minimum Gasteiger partial charge on any atom is -0.622 e. The third-order valence-corrected chi connectivity index (χ3v) is 6.70. The van der Waals surface area contributed by atoms with E-state index in [-0.39, 0.29) is 10.9 Å². The molecule has 0 aromatic heterocycles. The molecule has 0 unspecified atom stereocenters. The van der Waals surface area contributed by atoms with Crippen LogP contribution in [0.5, 0.6) is 0 Å². The fourth-order valence-corrected chi connectivity index (χ4v) is 5.38. The van der Waals surface area contributed by atoms with E-state index in [1.807, 2.05) is 53.6 Å². The normalized spacial score (nSPS) is 19.8. The van der Waals surface area contributed by atoms with Gasteiger partial charge >= 0.3 is 0 Å². The molecule has 0 spiro atoms. The number of hydroxylamine groups is 1. The Hall–Kier alpha value is -1.50. The highest BCUT2D eigenvalue weighted by Crippen LogP contribution is 2.42. The molecule has 1 heterocycles. The number of thiocarbonyl (C=S) groups is 1. The summed E-state index contributed by atoms with van der Waals surface area (Å²) in [6.45, 7) is 4.79. The molecule has 0 bridgehead atoms. The number of nitrogens with zero attached hydrogens (tertiary/aromatic N) is 2. The summed E-state index contributed by atoms with van der Waals surface area (Å²) >= 11 is 8.87. The van der Waals surface area contributed by atoms with E-state index in [2.05, 4.69) is 26.0 Å². The second kappa shape index (κ2) is 8.03. The number of rotatable bonds is 5. The first-order valence-electron chi connectivity index (χ1n) is 8.38. The Kier molecular flexibility index (Phi) is 5.95. The zero-order valence-electron chi connectivity index (χ0n) is 15.1. The molecular weight excluding hydrogens is 380 g/mol. The maximum absolute atomic E-state index is 13.1. The second-order valence-corrected chi connectivity index (χ2v) is 9.89. The van der Waals surface area contributed by atoms with Gasteiger partial charge in [0.05, 0.1) is 6.54 Å². The number of hydrogen-bond acceptors (Lipinski definition) is 4. The van der Waals surface area contributed by atoms with E-state index in [1.165, 1.54) is 4.90 Å². The lowest BCUT2D eigenvalue weighted by Gasteiger charge is -2.29. The van der Waals surface area contributed by atoms with Gasteiger partial charge in [0.25, 0.3) is 6.17 Å². The van der Waals surface area contributed by atoms with Gasteiger partial charge < -0.3 is 5.21 Å². The van der Waals surface area contributed by atoms with E-state index < -0.39 is 0 Å². The summed E-state index contributed by atoms with van der Waals surface area (Å²) in [6, 6.07) is 18.2. The summed E-state index contributed by atoms with van der Waals surface area (Å²) in [5.41, 5.74) is 2.05. The SMILES string of the molecule is CSc1ccc(/C=[N+](\[O-])[C@@H]2N(Cc3ccccc3)C(=S)SC2(C)C)cc1. The molecule has 0 saturated carbocycles. The lowest BCUT2D eigenvalue weighted by Crippen LogP contribution is -2.47. The summed E-state index contributed by atoms with van der Waals surface area (Å²) in [7, 11) is 0. The summed E-state index contributed by atoms with van der Waals surface area (Å²) in [5.74, 6) is 0. The van der Waals surface area contributed by atoms with Gasteiger partial charge in [-0.25, -0.2) is 0 Å². The number of hydrogen-bond donors (Lipinski definition) is 0. The summed E-state index contributed by atoms with van der Waals surface area (Å²) < 4.78 is 1.54. The lowest BCUT2D eigenvalue weighted by atomic mass is 10.1. The van der Waals surface area contributed by atoms with Gasteiger partial charge in [0.1, 0.15) is 9.07 Å². The minimum atomic E-state index is -0.347. The molecule has 3 nitrogen and oxygen atoms in total. The van der Waals surface area contributed by atoms with Crippen LogP contribution in [0.3, 0.4) is 0 Å². The van der Waals surface area contributed by atoms with Crippen LogP contribution in [0.15, 0.2) is 59.5 Å². The Morgan fingerprint density at radius 1 is 1.19 bits per heavy atom. The van der Waals surface area contributed by atoms with Gasteiger partial charge in [-0.1, -0.05) is 54.3 Å². The van der Waals surface area contributed by atoms with Gasteiger partial charge in [-0.3, -0.25) is 4.90 Å². The number of benzene rings is 2. The summed E-state index contributed by atoms with van der Waals surface area (Å²) in [6.07, 6.45) is 3.36. The highest BCUT2D eigenvalue weighted by molar-refractivity contribution is 8.24. The van der Waals surface area contributed by atoms with Crippen molar-refractivity contribution in [1.82, 2.24) is 4.90 Å². The van der Waals surface area contributed by atoms with E-state index in [0.29, 0.717) is 6.54 Å². The van der Waals surface area contributed by atoms with Crippen molar-refractivity contribution in [1.29, 1.82) is 0 Å². The fourth-order valence-electron chi connectivity index (χ4n) is 3.09. The zero-order valence-corrected chi connectivity index (χ0v) is 17.5. The van der Waals surface area contributed by atoms with E-state index in [4.69, 9.17) is 12.2 Å². The van der Waals surface area contributed by atoms with Crippen LogP contribution in [-0.2, 0) is 6.54 Å². The first-order valence-corrected chi connectivity index (χ1v) is 10.8. The zero-order chi connectivity index (χ0) is 18.7. The smallest absolute Gasteiger partial charge is 0.254 e. The summed E-state index contributed by atoms with van der Waals surface area (Å²) in [4.78, 5) is 3.22. The van der Waals surface area contributed by atoms with Crippen LogP contribution in [0, 0.1) is 5.21 Å². The van der Waals surface area contributed by atoms with Gasteiger partial charge in [0.2, 0.25) is 0 Å². The van der Waals surface area contributed by atoms with Crippen molar-refractivity contribution >= 4 is 46.3 Å². The molecule has 6 heteroatoms. The average molecular weight is 403 g/mol. The standard InChI is InChI=1S/C20H22N2OS3/c1-20(2)18(22(23)14-16-9-11-17(25-3)12-10-16)21(19(24)26-20)13-15-7-5-4-6-8-15/h4-12,14,18H,13H2,1-3H3/b22-14-/t18-/m0/s1. The topological polar surface area (TPSA) is 29.3 Å². The third-order valence-electron chi connectivity index (χ3n) is 4.33. The first kappa shape index (κ1) is 19.3. The molecule has 0 radical (unpaired) electrons. The Bertz CT molecular complexity index is 804. The predicted molar refractivity (Wildman–Crippen MR) is 117 cm³/mol.